The van der Waals surface area contributed by atoms with Crippen LogP contribution in [0, 0.1) is 0 Å². The number of hydrogen-bond acceptors (Lipinski definition) is 4. The normalized spacial score (nSPS) is 17.3. The summed E-state index contributed by atoms with van der Waals surface area (Å²) in [7, 11) is 1.67. The summed E-state index contributed by atoms with van der Waals surface area (Å²) in [5.74, 6) is -1.39. The Morgan fingerprint density at radius 1 is 1.30 bits per heavy atom. The standard InChI is InChI=1S/C17H23N3O3/c1-3-6-14(18-2)15(21)17(23)19-10-9-12-11-7-4-5-8-13(11)20-16(12)22/h4-5,7-8,12,14,18H,3,6,9-10H2,1-2H3,(H,19,23)(H,20,22). The predicted octanol–water partition coefficient (Wildman–Crippen LogP) is 1.19. The summed E-state index contributed by atoms with van der Waals surface area (Å²) in [4.78, 5) is 35.9. The molecule has 0 spiro atoms. The Hall–Kier alpha value is -2.21. The molecular weight excluding hydrogens is 294 g/mol. The fourth-order valence-corrected chi connectivity index (χ4v) is 2.83. The van der Waals surface area contributed by atoms with Crippen molar-refractivity contribution in [2.75, 3.05) is 18.9 Å². The summed E-state index contributed by atoms with van der Waals surface area (Å²) < 4.78 is 0. The van der Waals surface area contributed by atoms with Gasteiger partial charge in [-0.05, 0) is 31.5 Å². The van der Waals surface area contributed by atoms with Crippen LogP contribution in [0.3, 0.4) is 0 Å². The van der Waals surface area contributed by atoms with E-state index in [4.69, 9.17) is 0 Å². The number of Topliss-reactive ketones (excluding diaryl/α,β-unsaturated/α-hetero) is 1. The number of amides is 2. The van der Waals surface area contributed by atoms with Gasteiger partial charge in [0.2, 0.25) is 11.7 Å². The van der Waals surface area contributed by atoms with E-state index in [-0.39, 0.29) is 11.8 Å². The molecule has 2 atom stereocenters. The Morgan fingerprint density at radius 3 is 2.74 bits per heavy atom. The number of likely N-dealkylation sites (N-methyl/N-ethyl adjacent to an activating group) is 1. The Kier molecular flexibility index (Phi) is 5.87. The van der Waals surface area contributed by atoms with Crippen LogP contribution in [0.5, 0.6) is 0 Å². The zero-order valence-electron chi connectivity index (χ0n) is 13.5. The second kappa shape index (κ2) is 7.87. The van der Waals surface area contributed by atoms with Crippen LogP contribution in [0.15, 0.2) is 24.3 Å². The molecule has 2 unspecified atom stereocenters. The number of hydrogen-bond donors (Lipinski definition) is 3. The van der Waals surface area contributed by atoms with Crippen LogP contribution in [0.25, 0.3) is 0 Å². The highest BCUT2D eigenvalue weighted by atomic mass is 16.2. The molecule has 2 amide bonds. The van der Waals surface area contributed by atoms with Crippen LogP contribution >= 0.6 is 0 Å². The molecule has 2 rings (SSSR count). The van der Waals surface area contributed by atoms with Gasteiger partial charge < -0.3 is 16.0 Å². The number of fused-ring (bicyclic) bond motifs is 1. The third-order valence-electron chi connectivity index (χ3n) is 4.10. The van der Waals surface area contributed by atoms with Crippen LogP contribution in [-0.2, 0) is 14.4 Å². The van der Waals surface area contributed by atoms with Crippen LogP contribution in [-0.4, -0.2) is 37.2 Å². The molecule has 1 aliphatic rings. The lowest BCUT2D eigenvalue weighted by Gasteiger charge is -2.14. The van der Waals surface area contributed by atoms with Gasteiger partial charge in [0.1, 0.15) is 0 Å². The van der Waals surface area contributed by atoms with Crippen molar-refractivity contribution >= 4 is 23.3 Å². The van der Waals surface area contributed by atoms with Gasteiger partial charge in [-0.2, -0.15) is 0 Å². The van der Waals surface area contributed by atoms with E-state index < -0.39 is 17.7 Å². The zero-order chi connectivity index (χ0) is 16.8. The number of para-hydroxylation sites is 1. The fourth-order valence-electron chi connectivity index (χ4n) is 2.83. The molecule has 1 aromatic rings. The largest absolute Gasteiger partial charge is 0.349 e. The van der Waals surface area contributed by atoms with Crippen molar-refractivity contribution in [1.29, 1.82) is 0 Å². The van der Waals surface area contributed by atoms with E-state index >= 15 is 0 Å². The monoisotopic (exact) mass is 317 g/mol. The molecule has 0 saturated heterocycles. The van der Waals surface area contributed by atoms with Crippen LogP contribution < -0.4 is 16.0 Å². The molecule has 6 heteroatoms. The number of anilines is 1. The van der Waals surface area contributed by atoms with Gasteiger partial charge in [-0.25, -0.2) is 0 Å². The van der Waals surface area contributed by atoms with Gasteiger partial charge in [-0.15, -0.1) is 0 Å². The number of carbonyl (C=O) groups is 3. The maximum atomic E-state index is 12.0. The maximum Gasteiger partial charge on any atom is 0.289 e. The number of benzene rings is 1. The van der Waals surface area contributed by atoms with E-state index in [1.807, 2.05) is 31.2 Å². The van der Waals surface area contributed by atoms with E-state index in [9.17, 15) is 14.4 Å². The predicted molar refractivity (Wildman–Crippen MR) is 88.2 cm³/mol. The van der Waals surface area contributed by atoms with Crippen LogP contribution in [0.4, 0.5) is 5.69 Å². The van der Waals surface area contributed by atoms with Crippen molar-refractivity contribution in [1.82, 2.24) is 10.6 Å². The molecule has 1 aliphatic heterocycles. The lowest BCUT2D eigenvalue weighted by Crippen LogP contribution is -2.44. The SMILES string of the molecule is CCCC(NC)C(=O)C(=O)NCCC1C(=O)Nc2ccccc21. The van der Waals surface area contributed by atoms with Gasteiger partial charge in [0.05, 0.1) is 12.0 Å². The second-order valence-electron chi connectivity index (χ2n) is 5.67. The van der Waals surface area contributed by atoms with Gasteiger partial charge in [0.15, 0.2) is 0 Å². The summed E-state index contributed by atoms with van der Waals surface area (Å²) >= 11 is 0. The van der Waals surface area contributed by atoms with Gasteiger partial charge in [-0.3, -0.25) is 14.4 Å². The van der Waals surface area contributed by atoms with Gasteiger partial charge in [0, 0.05) is 12.2 Å². The lowest BCUT2D eigenvalue weighted by molar-refractivity contribution is -0.139. The number of carbonyl (C=O) groups excluding carboxylic acids is 3. The topological polar surface area (TPSA) is 87.3 Å². The van der Waals surface area contributed by atoms with E-state index in [1.54, 1.807) is 7.05 Å². The molecule has 6 nitrogen and oxygen atoms in total. The molecule has 0 bridgehead atoms. The lowest BCUT2D eigenvalue weighted by atomic mass is 9.97. The minimum absolute atomic E-state index is 0.0640. The first-order chi connectivity index (χ1) is 11.1. The number of rotatable bonds is 8. The Bertz CT molecular complexity index is 601. The Balaban J connectivity index is 1.86. The van der Waals surface area contributed by atoms with Crippen molar-refractivity contribution in [2.24, 2.45) is 0 Å². The fraction of sp³-hybridized carbons (Fsp3) is 0.471. The summed E-state index contributed by atoms with van der Waals surface area (Å²) in [5.41, 5.74) is 1.76. The molecular formula is C17H23N3O3. The van der Waals surface area contributed by atoms with E-state index in [0.717, 1.165) is 17.7 Å². The van der Waals surface area contributed by atoms with Gasteiger partial charge in [-0.1, -0.05) is 31.5 Å². The Morgan fingerprint density at radius 2 is 2.04 bits per heavy atom. The molecule has 0 radical (unpaired) electrons. The quantitative estimate of drug-likeness (QED) is 0.629. The van der Waals surface area contributed by atoms with Crippen molar-refractivity contribution in [3.8, 4) is 0 Å². The zero-order valence-corrected chi connectivity index (χ0v) is 13.5. The number of ketones is 1. The molecule has 124 valence electrons. The van der Waals surface area contributed by atoms with Crippen molar-refractivity contribution in [2.45, 2.75) is 38.1 Å². The smallest absolute Gasteiger partial charge is 0.289 e. The van der Waals surface area contributed by atoms with Crippen molar-refractivity contribution < 1.29 is 14.4 Å². The maximum absolute atomic E-state index is 12.0. The highest BCUT2D eigenvalue weighted by molar-refractivity contribution is 6.38. The highest BCUT2D eigenvalue weighted by Gasteiger charge is 2.30. The van der Waals surface area contributed by atoms with E-state index in [0.29, 0.717) is 19.4 Å². The molecule has 23 heavy (non-hydrogen) atoms. The van der Waals surface area contributed by atoms with Crippen molar-refractivity contribution in [3.05, 3.63) is 29.8 Å². The molecule has 0 fully saturated rings. The first-order valence-corrected chi connectivity index (χ1v) is 7.97. The minimum atomic E-state index is -0.593. The third-order valence-corrected chi connectivity index (χ3v) is 4.10. The molecule has 0 aromatic heterocycles. The summed E-state index contributed by atoms with van der Waals surface area (Å²) in [5, 5.41) is 8.31. The molecule has 1 aromatic carbocycles. The Labute approximate surface area is 136 Å². The van der Waals surface area contributed by atoms with Crippen molar-refractivity contribution in [3.63, 3.8) is 0 Å². The molecule has 1 heterocycles. The highest BCUT2D eigenvalue weighted by Crippen LogP contribution is 2.33. The molecule has 0 aliphatic carbocycles. The number of nitrogens with one attached hydrogen (secondary N) is 3. The van der Waals surface area contributed by atoms with Crippen LogP contribution in [0.2, 0.25) is 0 Å². The minimum Gasteiger partial charge on any atom is -0.349 e. The first-order valence-electron chi connectivity index (χ1n) is 7.97. The van der Waals surface area contributed by atoms with E-state index in [1.165, 1.54) is 0 Å². The van der Waals surface area contributed by atoms with Gasteiger partial charge >= 0.3 is 0 Å². The average molecular weight is 317 g/mol. The molecule has 3 N–H and O–H groups in total. The third kappa shape index (κ3) is 3.96. The summed E-state index contributed by atoms with van der Waals surface area (Å²) in [6, 6.07) is 7.07. The average Bonchev–Trinajstić information content (AvgIpc) is 2.87. The van der Waals surface area contributed by atoms with Crippen LogP contribution in [0.1, 0.15) is 37.7 Å². The second-order valence-corrected chi connectivity index (χ2v) is 5.67. The van der Waals surface area contributed by atoms with E-state index in [2.05, 4.69) is 16.0 Å². The van der Waals surface area contributed by atoms with Gasteiger partial charge in [0.25, 0.3) is 5.91 Å². The summed E-state index contributed by atoms with van der Waals surface area (Å²) in [6.45, 7) is 2.26. The summed E-state index contributed by atoms with van der Waals surface area (Å²) in [6.07, 6.45) is 1.92. The first kappa shape index (κ1) is 17.1. The molecule has 0 saturated carbocycles.